The van der Waals surface area contributed by atoms with Crippen molar-refractivity contribution in [3.05, 3.63) is 52.8 Å². The van der Waals surface area contributed by atoms with Gasteiger partial charge in [-0.2, -0.15) is 0 Å². The highest BCUT2D eigenvalue weighted by Crippen LogP contribution is 2.32. The summed E-state index contributed by atoms with van der Waals surface area (Å²) in [5, 5.41) is 9.82. The van der Waals surface area contributed by atoms with Crippen LogP contribution in [0.5, 0.6) is 0 Å². The van der Waals surface area contributed by atoms with Crippen molar-refractivity contribution in [2.75, 3.05) is 13.7 Å². The van der Waals surface area contributed by atoms with E-state index in [1.165, 1.54) is 7.11 Å². The van der Waals surface area contributed by atoms with Gasteiger partial charge >= 0.3 is 17.9 Å². The van der Waals surface area contributed by atoms with Crippen LogP contribution < -0.4 is 0 Å². The minimum atomic E-state index is -1.26. The zero-order valence-corrected chi connectivity index (χ0v) is 14.7. The summed E-state index contributed by atoms with van der Waals surface area (Å²) in [7, 11) is 1.22. The Bertz CT molecular complexity index is 845. The van der Waals surface area contributed by atoms with Crippen LogP contribution in [0.4, 0.5) is 0 Å². The quantitative estimate of drug-likeness (QED) is 0.793. The van der Waals surface area contributed by atoms with Gasteiger partial charge in [0.05, 0.1) is 25.7 Å². The van der Waals surface area contributed by atoms with Crippen molar-refractivity contribution in [1.82, 2.24) is 4.98 Å². The second-order valence-corrected chi connectivity index (χ2v) is 5.42. The lowest BCUT2D eigenvalue weighted by atomic mass is 9.91. The van der Waals surface area contributed by atoms with E-state index in [0.29, 0.717) is 5.56 Å². The summed E-state index contributed by atoms with van der Waals surface area (Å²) in [6.07, 6.45) is -0.264. The standard InChI is InChI=1S/C19H19NO6/c1-4-26-19(24)17-15(12-8-6-5-7-9-12)16(18(22)23)13(11(2)20-17)10-14(21)25-3/h5-9H,4,10H2,1-3H3,(H,22,23). The van der Waals surface area contributed by atoms with Crippen LogP contribution in [-0.4, -0.2) is 41.7 Å². The molecule has 0 radical (unpaired) electrons. The third-order valence-corrected chi connectivity index (χ3v) is 3.80. The van der Waals surface area contributed by atoms with Crippen LogP contribution in [-0.2, 0) is 20.7 Å². The number of carboxylic acid groups (broad SMARTS) is 1. The molecule has 7 heteroatoms. The number of pyridine rings is 1. The average molecular weight is 357 g/mol. The normalized spacial score (nSPS) is 10.3. The predicted molar refractivity (Wildman–Crippen MR) is 93.0 cm³/mol. The molecule has 0 aliphatic carbocycles. The highest BCUT2D eigenvalue weighted by Gasteiger charge is 2.28. The van der Waals surface area contributed by atoms with Gasteiger partial charge in [-0.3, -0.25) is 4.79 Å². The van der Waals surface area contributed by atoms with Crippen LogP contribution >= 0.6 is 0 Å². The lowest BCUT2D eigenvalue weighted by Crippen LogP contribution is -2.19. The molecule has 0 bridgehead atoms. The smallest absolute Gasteiger partial charge is 0.357 e. The van der Waals surface area contributed by atoms with E-state index >= 15 is 0 Å². The van der Waals surface area contributed by atoms with Crippen LogP contribution in [0.1, 0.15) is 39.0 Å². The third-order valence-electron chi connectivity index (χ3n) is 3.80. The first-order valence-electron chi connectivity index (χ1n) is 7.96. The molecule has 0 aliphatic heterocycles. The number of carbonyl (C=O) groups is 3. The van der Waals surface area contributed by atoms with Crippen molar-refractivity contribution in [3.63, 3.8) is 0 Å². The maximum atomic E-state index is 12.4. The fraction of sp³-hybridized carbons (Fsp3) is 0.263. The molecule has 1 aromatic heterocycles. The highest BCUT2D eigenvalue weighted by molar-refractivity contribution is 6.06. The van der Waals surface area contributed by atoms with Gasteiger partial charge in [-0.25, -0.2) is 14.6 Å². The first-order chi connectivity index (χ1) is 12.4. The van der Waals surface area contributed by atoms with Crippen molar-refractivity contribution in [3.8, 4) is 11.1 Å². The Labute approximate surface area is 150 Å². The summed E-state index contributed by atoms with van der Waals surface area (Å²) in [5.41, 5.74) is 0.832. The highest BCUT2D eigenvalue weighted by atomic mass is 16.5. The molecule has 0 atom stereocenters. The summed E-state index contributed by atoms with van der Waals surface area (Å²) in [6.45, 7) is 3.32. The molecule has 0 fully saturated rings. The number of rotatable bonds is 6. The Morgan fingerprint density at radius 3 is 2.35 bits per heavy atom. The molecule has 0 amide bonds. The first-order valence-corrected chi connectivity index (χ1v) is 7.96. The number of aryl methyl sites for hydroxylation is 1. The van der Waals surface area contributed by atoms with Gasteiger partial charge in [-0.1, -0.05) is 30.3 Å². The fourth-order valence-corrected chi connectivity index (χ4v) is 2.64. The van der Waals surface area contributed by atoms with Gasteiger partial charge in [0, 0.05) is 11.3 Å². The molecule has 136 valence electrons. The Kier molecular flexibility index (Phi) is 6.06. The lowest BCUT2D eigenvalue weighted by Gasteiger charge is -2.17. The first kappa shape index (κ1) is 19.1. The van der Waals surface area contributed by atoms with Crippen molar-refractivity contribution in [2.24, 2.45) is 0 Å². The zero-order valence-electron chi connectivity index (χ0n) is 14.7. The van der Waals surface area contributed by atoms with Crippen molar-refractivity contribution >= 4 is 17.9 Å². The van der Waals surface area contributed by atoms with Gasteiger partial charge in [0.25, 0.3) is 0 Å². The van der Waals surface area contributed by atoms with Crippen LogP contribution in [0.15, 0.2) is 30.3 Å². The van der Waals surface area contributed by atoms with Gasteiger partial charge in [-0.05, 0) is 25.0 Å². The number of benzene rings is 1. The number of nitrogens with zero attached hydrogens (tertiary/aromatic N) is 1. The monoisotopic (exact) mass is 357 g/mol. The van der Waals surface area contributed by atoms with Crippen molar-refractivity contribution < 1.29 is 29.0 Å². The topological polar surface area (TPSA) is 103 Å². The summed E-state index contributed by atoms with van der Waals surface area (Å²) in [5.74, 6) is -2.58. The average Bonchev–Trinajstić information content (AvgIpc) is 2.63. The molecular weight excluding hydrogens is 338 g/mol. The molecule has 0 aliphatic rings. The van der Waals surface area contributed by atoms with Crippen molar-refractivity contribution in [2.45, 2.75) is 20.3 Å². The molecule has 2 rings (SSSR count). The second kappa shape index (κ2) is 8.24. The number of methoxy groups -OCH3 is 1. The Balaban J connectivity index is 2.85. The van der Waals surface area contributed by atoms with E-state index in [-0.39, 0.29) is 41.1 Å². The van der Waals surface area contributed by atoms with Gasteiger partial charge in [0.1, 0.15) is 0 Å². The fourth-order valence-electron chi connectivity index (χ4n) is 2.64. The second-order valence-electron chi connectivity index (χ2n) is 5.42. The molecule has 1 heterocycles. The predicted octanol–water partition coefficient (Wildman–Crippen LogP) is 2.65. The Morgan fingerprint density at radius 1 is 1.15 bits per heavy atom. The minimum absolute atomic E-state index is 0.0958. The number of ether oxygens (including phenoxy) is 2. The van der Waals surface area contributed by atoms with Gasteiger partial charge in [-0.15, -0.1) is 0 Å². The number of hydrogen-bond donors (Lipinski definition) is 1. The molecule has 0 saturated heterocycles. The lowest BCUT2D eigenvalue weighted by molar-refractivity contribution is -0.139. The van der Waals surface area contributed by atoms with E-state index in [9.17, 15) is 19.5 Å². The molecule has 0 spiro atoms. The van der Waals surface area contributed by atoms with E-state index in [2.05, 4.69) is 9.72 Å². The van der Waals surface area contributed by atoms with E-state index in [1.54, 1.807) is 44.2 Å². The summed E-state index contributed by atoms with van der Waals surface area (Å²) < 4.78 is 9.69. The van der Waals surface area contributed by atoms with E-state index in [1.807, 2.05) is 0 Å². The number of carboxylic acids is 1. The maximum absolute atomic E-state index is 12.4. The summed E-state index contributed by atoms with van der Waals surface area (Å²) in [4.78, 5) is 40.4. The number of esters is 2. The molecule has 7 nitrogen and oxygen atoms in total. The van der Waals surface area contributed by atoms with Crippen LogP contribution in [0, 0.1) is 6.92 Å². The Hall–Kier alpha value is -3.22. The van der Waals surface area contributed by atoms with E-state index in [4.69, 9.17) is 4.74 Å². The molecule has 1 aromatic carbocycles. The minimum Gasteiger partial charge on any atom is -0.478 e. The largest absolute Gasteiger partial charge is 0.478 e. The molecule has 1 N–H and O–H groups in total. The van der Waals surface area contributed by atoms with Crippen LogP contribution in [0.25, 0.3) is 11.1 Å². The number of carbonyl (C=O) groups excluding carboxylic acids is 2. The van der Waals surface area contributed by atoms with Crippen LogP contribution in [0.2, 0.25) is 0 Å². The van der Waals surface area contributed by atoms with Crippen molar-refractivity contribution in [1.29, 1.82) is 0 Å². The molecule has 0 unspecified atom stereocenters. The SMILES string of the molecule is CCOC(=O)c1nc(C)c(CC(=O)OC)c(C(=O)O)c1-c1ccccc1. The number of aromatic nitrogens is 1. The number of hydrogen-bond acceptors (Lipinski definition) is 6. The van der Waals surface area contributed by atoms with E-state index < -0.39 is 17.9 Å². The Morgan fingerprint density at radius 2 is 1.81 bits per heavy atom. The summed E-state index contributed by atoms with van der Waals surface area (Å²) in [6, 6.07) is 8.54. The summed E-state index contributed by atoms with van der Waals surface area (Å²) >= 11 is 0. The zero-order chi connectivity index (χ0) is 19.3. The molecule has 0 saturated carbocycles. The third kappa shape index (κ3) is 3.88. The van der Waals surface area contributed by atoms with Gasteiger partial charge < -0.3 is 14.6 Å². The molecule has 2 aromatic rings. The van der Waals surface area contributed by atoms with Crippen LogP contribution in [0.3, 0.4) is 0 Å². The maximum Gasteiger partial charge on any atom is 0.357 e. The van der Waals surface area contributed by atoms with E-state index in [0.717, 1.165) is 0 Å². The number of aromatic carboxylic acids is 1. The molecule has 26 heavy (non-hydrogen) atoms. The van der Waals surface area contributed by atoms with Gasteiger partial charge in [0.15, 0.2) is 5.69 Å². The molecular formula is C19H19NO6. The van der Waals surface area contributed by atoms with Gasteiger partial charge in [0.2, 0.25) is 0 Å².